The van der Waals surface area contributed by atoms with E-state index < -0.39 is 0 Å². The lowest BCUT2D eigenvalue weighted by atomic mass is 9.98. The lowest BCUT2D eigenvalue weighted by Crippen LogP contribution is -2.08. The second-order valence-corrected chi connectivity index (χ2v) is 6.97. The molecule has 3 nitrogen and oxygen atoms in total. The van der Waals surface area contributed by atoms with E-state index in [1.807, 2.05) is 6.92 Å². The number of aryl methyl sites for hydroxylation is 1. The van der Waals surface area contributed by atoms with Crippen molar-refractivity contribution in [2.24, 2.45) is 0 Å². The highest BCUT2D eigenvalue weighted by molar-refractivity contribution is 6.41. The smallest absolute Gasteiger partial charge is 0.196 e. The molecule has 0 N–H and O–H groups in total. The molecule has 0 aliphatic rings. The lowest BCUT2D eigenvalue weighted by molar-refractivity contribution is 0.103. The van der Waals surface area contributed by atoms with Crippen LogP contribution in [0.4, 0.5) is 0 Å². The fourth-order valence-electron chi connectivity index (χ4n) is 2.74. The van der Waals surface area contributed by atoms with Crippen LogP contribution in [0, 0.1) is 6.92 Å². The van der Waals surface area contributed by atoms with Gasteiger partial charge in [-0.3, -0.25) is 4.79 Å². The number of hydrogen-bond acceptors (Lipinski definition) is 3. The number of ether oxygens (including phenoxy) is 2. The standard InChI is InChI=1S/C21H24Cl2O3/c1-4-5-6-7-11-26-19-13-15(14(2)12-18(19)25-3)21(24)20-16(22)9-8-10-17(20)23/h8-10,12-13H,4-7,11H2,1-3H3. The molecule has 140 valence electrons. The van der Waals surface area contributed by atoms with Crippen molar-refractivity contribution >= 4 is 29.0 Å². The molecule has 5 heteroatoms. The van der Waals surface area contributed by atoms with Crippen LogP contribution in [0.2, 0.25) is 10.0 Å². The monoisotopic (exact) mass is 394 g/mol. The minimum Gasteiger partial charge on any atom is -0.493 e. The summed E-state index contributed by atoms with van der Waals surface area (Å²) in [6, 6.07) is 8.55. The van der Waals surface area contributed by atoms with Gasteiger partial charge in [-0.1, -0.05) is 55.5 Å². The number of methoxy groups -OCH3 is 1. The van der Waals surface area contributed by atoms with Crippen LogP contribution in [-0.2, 0) is 0 Å². The summed E-state index contributed by atoms with van der Waals surface area (Å²) in [6.45, 7) is 4.60. The van der Waals surface area contributed by atoms with Crippen LogP contribution in [0.25, 0.3) is 0 Å². The van der Waals surface area contributed by atoms with Crippen molar-refractivity contribution in [3.05, 3.63) is 57.1 Å². The summed E-state index contributed by atoms with van der Waals surface area (Å²) in [7, 11) is 1.59. The van der Waals surface area contributed by atoms with Crippen LogP contribution in [-0.4, -0.2) is 19.5 Å². The number of hydrogen-bond donors (Lipinski definition) is 0. The van der Waals surface area contributed by atoms with E-state index in [9.17, 15) is 4.79 Å². The second kappa shape index (κ2) is 9.84. The Kier molecular flexibility index (Phi) is 7.80. The zero-order valence-electron chi connectivity index (χ0n) is 15.4. The van der Waals surface area contributed by atoms with E-state index >= 15 is 0 Å². The maximum atomic E-state index is 13.0. The van der Waals surface area contributed by atoms with Gasteiger partial charge < -0.3 is 9.47 Å². The second-order valence-electron chi connectivity index (χ2n) is 6.15. The largest absolute Gasteiger partial charge is 0.493 e. The van der Waals surface area contributed by atoms with Crippen molar-refractivity contribution in [3.8, 4) is 11.5 Å². The quantitative estimate of drug-likeness (QED) is 0.359. The van der Waals surface area contributed by atoms with Crippen molar-refractivity contribution < 1.29 is 14.3 Å². The van der Waals surface area contributed by atoms with E-state index in [1.54, 1.807) is 37.4 Å². The molecule has 0 bridgehead atoms. The maximum absolute atomic E-state index is 13.0. The van der Waals surface area contributed by atoms with Crippen molar-refractivity contribution in [2.45, 2.75) is 39.5 Å². The number of carbonyl (C=O) groups is 1. The molecule has 0 aliphatic heterocycles. The van der Waals surface area contributed by atoms with Crippen LogP contribution < -0.4 is 9.47 Å². The highest BCUT2D eigenvalue weighted by atomic mass is 35.5. The summed E-state index contributed by atoms with van der Waals surface area (Å²) in [4.78, 5) is 13.0. The molecule has 0 saturated heterocycles. The Labute approximate surface area is 165 Å². The Bertz CT molecular complexity index is 752. The number of benzene rings is 2. The summed E-state index contributed by atoms with van der Waals surface area (Å²) >= 11 is 12.4. The zero-order valence-corrected chi connectivity index (χ0v) is 16.9. The molecule has 2 aromatic carbocycles. The molecule has 0 radical (unpaired) electrons. The van der Waals surface area contributed by atoms with Gasteiger partial charge in [-0.25, -0.2) is 0 Å². The topological polar surface area (TPSA) is 35.5 Å². The number of halogens is 2. The van der Waals surface area contributed by atoms with Gasteiger partial charge in [-0.05, 0) is 43.2 Å². The van der Waals surface area contributed by atoms with Crippen molar-refractivity contribution in [2.75, 3.05) is 13.7 Å². The number of ketones is 1. The first kappa shape index (κ1) is 20.6. The molecule has 0 aromatic heterocycles. The van der Waals surface area contributed by atoms with Gasteiger partial charge in [0.1, 0.15) is 0 Å². The third-order valence-electron chi connectivity index (χ3n) is 4.20. The SMILES string of the molecule is CCCCCCOc1cc(C(=O)c2c(Cl)cccc2Cl)c(C)cc1OC. The third-order valence-corrected chi connectivity index (χ3v) is 4.83. The molecular formula is C21H24Cl2O3. The molecule has 0 saturated carbocycles. The summed E-state index contributed by atoms with van der Waals surface area (Å²) < 4.78 is 11.3. The first-order valence-corrected chi connectivity index (χ1v) is 9.55. The molecule has 0 amide bonds. The molecule has 0 fully saturated rings. The van der Waals surface area contributed by atoms with Crippen LogP contribution in [0.1, 0.15) is 54.1 Å². The van der Waals surface area contributed by atoms with E-state index in [2.05, 4.69) is 6.92 Å². The zero-order chi connectivity index (χ0) is 19.1. The number of rotatable bonds is 9. The average molecular weight is 395 g/mol. The molecule has 2 aromatic rings. The number of carbonyl (C=O) groups excluding carboxylic acids is 1. The van der Waals surface area contributed by atoms with Crippen LogP contribution in [0.3, 0.4) is 0 Å². The minimum absolute atomic E-state index is 0.225. The van der Waals surface area contributed by atoms with E-state index in [-0.39, 0.29) is 5.78 Å². The van der Waals surface area contributed by atoms with Gasteiger partial charge in [-0.2, -0.15) is 0 Å². The van der Waals surface area contributed by atoms with E-state index in [0.29, 0.717) is 39.3 Å². The van der Waals surface area contributed by atoms with E-state index in [1.165, 1.54) is 12.8 Å². The molecule has 0 heterocycles. The Hall–Kier alpha value is -1.71. The Morgan fingerprint density at radius 1 is 1.04 bits per heavy atom. The third kappa shape index (κ3) is 4.93. The van der Waals surface area contributed by atoms with Crippen LogP contribution in [0.15, 0.2) is 30.3 Å². The average Bonchev–Trinajstić information content (AvgIpc) is 2.61. The molecule has 2 rings (SSSR count). The molecule has 0 spiro atoms. The Morgan fingerprint density at radius 3 is 2.35 bits per heavy atom. The predicted octanol–water partition coefficient (Wildman–Crippen LogP) is 6.50. The van der Waals surface area contributed by atoms with E-state index in [4.69, 9.17) is 32.7 Å². The Morgan fingerprint density at radius 2 is 1.73 bits per heavy atom. The van der Waals surface area contributed by atoms with Gasteiger partial charge in [0, 0.05) is 5.56 Å². The maximum Gasteiger partial charge on any atom is 0.196 e. The first-order chi connectivity index (χ1) is 12.5. The van der Waals surface area contributed by atoms with Crippen LogP contribution in [0.5, 0.6) is 11.5 Å². The van der Waals surface area contributed by atoms with Gasteiger partial charge in [0.2, 0.25) is 0 Å². The summed E-state index contributed by atoms with van der Waals surface area (Å²) in [5, 5.41) is 0.666. The van der Waals surface area contributed by atoms with Crippen molar-refractivity contribution in [1.82, 2.24) is 0 Å². The predicted molar refractivity (Wildman–Crippen MR) is 107 cm³/mol. The number of unbranched alkanes of at least 4 members (excludes halogenated alkanes) is 3. The molecule has 0 aliphatic carbocycles. The van der Waals surface area contributed by atoms with Gasteiger partial charge in [0.25, 0.3) is 0 Å². The van der Waals surface area contributed by atoms with E-state index in [0.717, 1.165) is 18.4 Å². The van der Waals surface area contributed by atoms with Gasteiger partial charge >= 0.3 is 0 Å². The minimum atomic E-state index is -0.225. The molecular weight excluding hydrogens is 371 g/mol. The van der Waals surface area contributed by atoms with Crippen LogP contribution >= 0.6 is 23.2 Å². The highest BCUT2D eigenvalue weighted by Gasteiger charge is 2.21. The molecule has 0 atom stereocenters. The fraction of sp³-hybridized carbons (Fsp3) is 0.381. The van der Waals surface area contributed by atoms with Gasteiger partial charge in [-0.15, -0.1) is 0 Å². The van der Waals surface area contributed by atoms with Gasteiger partial charge in [0.15, 0.2) is 17.3 Å². The summed E-state index contributed by atoms with van der Waals surface area (Å²) in [5.74, 6) is 0.942. The highest BCUT2D eigenvalue weighted by Crippen LogP contribution is 2.34. The lowest BCUT2D eigenvalue weighted by Gasteiger charge is -2.15. The molecule has 0 unspecified atom stereocenters. The fourth-order valence-corrected chi connectivity index (χ4v) is 3.31. The molecule has 26 heavy (non-hydrogen) atoms. The van der Waals surface area contributed by atoms with Crippen molar-refractivity contribution in [3.63, 3.8) is 0 Å². The summed E-state index contributed by atoms with van der Waals surface area (Å²) in [5.41, 5.74) is 1.59. The first-order valence-electron chi connectivity index (χ1n) is 8.79. The van der Waals surface area contributed by atoms with Gasteiger partial charge in [0.05, 0.1) is 29.3 Å². The summed E-state index contributed by atoms with van der Waals surface area (Å²) in [6.07, 6.45) is 4.43. The normalized spacial score (nSPS) is 10.7. The van der Waals surface area contributed by atoms with Crippen molar-refractivity contribution in [1.29, 1.82) is 0 Å². The Balaban J connectivity index is 2.31.